The molecule has 0 saturated carbocycles. The highest BCUT2D eigenvalue weighted by molar-refractivity contribution is 5.32. The van der Waals surface area contributed by atoms with Crippen LogP contribution in [0.3, 0.4) is 0 Å². The molecule has 0 heterocycles. The minimum Gasteiger partial charge on any atom is -0.494 e. The van der Waals surface area contributed by atoms with Gasteiger partial charge in [0, 0.05) is 0 Å². The summed E-state index contributed by atoms with van der Waals surface area (Å²) in [5.74, 6) is 1.26. The molecule has 0 unspecified atom stereocenters. The molecular formula is C17H18F3NO2. The molecule has 2 rings (SSSR count). The average molecular weight is 325 g/mol. The maximum Gasteiger partial charge on any atom is 0.416 e. The van der Waals surface area contributed by atoms with Crippen LogP contribution in [0.25, 0.3) is 0 Å². The predicted octanol–water partition coefficient (Wildman–Crippen LogP) is 4.01. The van der Waals surface area contributed by atoms with Crippen LogP contribution in [0, 0.1) is 0 Å². The Morgan fingerprint density at radius 2 is 1.57 bits per heavy atom. The summed E-state index contributed by atoms with van der Waals surface area (Å²) in [7, 11) is 0. The zero-order valence-electron chi connectivity index (χ0n) is 12.5. The van der Waals surface area contributed by atoms with Crippen molar-refractivity contribution in [2.24, 2.45) is 5.73 Å². The van der Waals surface area contributed by atoms with Gasteiger partial charge in [-0.2, -0.15) is 13.2 Å². The fourth-order valence-electron chi connectivity index (χ4n) is 1.91. The van der Waals surface area contributed by atoms with Crippen LogP contribution in [0.4, 0.5) is 13.2 Å². The van der Waals surface area contributed by atoms with Gasteiger partial charge in [-0.3, -0.25) is 0 Å². The molecule has 23 heavy (non-hydrogen) atoms. The third-order valence-electron chi connectivity index (χ3n) is 3.10. The molecule has 2 aromatic rings. The number of benzene rings is 2. The summed E-state index contributed by atoms with van der Waals surface area (Å²) in [6.07, 6.45) is -3.58. The zero-order chi connectivity index (χ0) is 16.7. The molecule has 0 atom stereocenters. The van der Waals surface area contributed by atoms with Crippen LogP contribution in [0.2, 0.25) is 0 Å². The number of hydrogen-bond donors (Lipinski definition) is 1. The van der Waals surface area contributed by atoms with Crippen LogP contribution in [0.15, 0.2) is 48.5 Å². The molecule has 0 aliphatic rings. The second kappa shape index (κ2) is 7.87. The van der Waals surface area contributed by atoms with Gasteiger partial charge in [0.2, 0.25) is 0 Å². The molecule has 0 spiro atoms. The van der Waals surface area contributed by atoms with Crippen LogP contribution in [0.5, 0.6) is 11.5 Å². The van der Waals surface area contributed by atoms with E-state index in [1.54, 1.807) is 30.3 Å². The number of alkyl halides is 3. The summed E-state index contributed by atoms with van der Waals surface area (Å²) in [4.78, 5) is 0. The molecule has 0 fully saturated rings. The van der Waals surface area contributed by atoms with Crippen molar-refractivity contribution in [2.75, 3.05) is 13.2 Å². The van der Waals surface area contributed by atoms with Gasteiger partial charge in [-0.25, -0.2) is 0 Å². The lowest BCUT2D eigenvalue weighted by atomic mass is 10.1. The lowest BCUT2D eigenvalue weighted by molar-refractivity contribution is -0.137. The molecule has 0 aliphatic heterocycles. The first-order valence-electron chi connectivity index (χ1n) is 7.21. The first-order chi connectivity index (χ1) is 11.0. The molecule has 2 aromatic carbocycles. The van der Waals surface area contributed by atoms with Gasteiger partial charge in [0.05, 0.1) is 12.2 Å². The van der Waals surface area contributed by atoms with E-state index in [9.17, 15) is 13.2 Å². The lowest BCUT2D eigenvalue weighted by Gasteiger charge is -2.10. The van der Waals surface area contributed by atoms with Crippen molar-refractivity contribution in [3.05, 3.63) is 59.7 Å². The van der Waals surface area contributed by atoms with Gasteiger partial charge >= 0.3 is 6.18 Å². The molecule has 3 nitrogen and oxygen atoms in total. The first-order valence-corrected chi connectivity index (χ1v) is 7.21. The quantitative estimate of drug-likeness (QED) is 0.782. The van der Waals surface area contributed by atoms with E-state index in [4.69, 9.17) is 15.2 Å². The van der Waals surface area contributed by atoms with Crippen LogP contribution < -0.4 is 15.2 Å². The summed E-state index contributed by atoms with van der Waals surface area (Å²) in [5, 5.41) is 0. The summed E-state index contributed by atoms with van der Waals surface area (Å²) >= 11 is 0. The van der Waals surface area contributed by atoms with Gasteiger partial charge in [-0.15, -0.1) is 0 Å². The highest BCUT2D eigenvalue weighted by Gasteiger charge is 2.30. The Bertz CT molecular complexity index is 612. The van der Waals surface area contributed by atoms with Gasteiger partial charge in [-0.05, 0) is 54.9 Å². The summed E-state index contributed by atoms with van der Waals surface area (Å²) in [6, 6.07) is 12.0. The number of hydrogen-bond acceptors (Lipinski definition) is 3. The fourth-order valence-corrected chi connectivity index (χ4v) is 1.91. The molecule has 124 valence electrons. The average Bonchev–Trinajstić information content (AvgIpc) is 2.54. The van der Waals surface area contributed by atoms with E-state index in [-0.39, 0.29) is 6.61 Å². The number of nitrogens with two attached hydrogens (primary N) is 1. The van der Waals surface area contributed by atoms with Gasteiger partial charge in [0.25, 0.3) is 0 Å². The molecular weight excluding hydrogens is 307 g/mol. The summed E-state index contributed by atoms with van der Waals surface area (Å²) < 4.78 is 48.9. The lowest BCUT2D eigenvalue weighted by Crippen LogP contribution is -2.06. The molecule has 6 heteroatoms. The van der Waals surface area contributed by atoms with Gasteiger partial charge in [-0.1, -0.05) is 12.1 Å². The predicted molar refractivity (Wildman–Crippen MR) is 81.4 cm³/mol. The van der Waals surface area contributed by atoms with Crippen LogP contribution in [-0.4, -0.2) is 13.2 Å². The van der Waals surface area contributed by atoms with Crippen molar-refractivity contribution < 1.29 is 22.6 Å². The third kappa shape index (κ3) is 5.49. The van der Waals surface area contributed by atoms with E-state index < -0.39 is 11.7 Å². The Kier molecular flexibility index (Phi) is 5.87. The number of halogens is 3. The molecule has 2 N–H and O–H groups in total. The van der Waals surface area contributed by atoms with Gasteiger partial charge in [0.1, 0.15) is 18.1 Å². The molecule has 0 aliphatic carbocycles. The second-order valence-electron chi connectivity index (χ2n) is 4.95. The van der Waals surface area contributed by atoms with E-state index in [2.05, 4.69) is 0 Å². The van der Waals surface area contributed by atoms with E-state index in [1.807, 2.05) is 0 Å². The molecule has 0 bridgehead atoms. The van der Waals surface area contributed by atoms with Crippen molar-refractivity contribution in [1.29, 1.82) is 0 Å². The van der Waals surface area contributed by atoms with Crippen molar-refractivity contribution in [2.45, 2.75) is 19.2 Å². The molecule has 0 amide bonds. The Morgan fingerprint density at radius 3 is 2.17 bits per heavy atom. The Balaban J connectivity index is 1.91. The standard InChI is InChI=1S/C17H18F3NO2/c18-17(19,20)14-4-1-3-13(11-14)12-23-16-7-5-15(6-8-16)22-10-2-9-21/h1,3-8,11H,2,9-10,12,21H2. The molecule has 0 aromatic heterocycles. The highest BCUT2D eigenvalue weighted by atomic mass is 19.4. The monoisotopic (exact) mass is 325 g/mol. The van der Waals surface area contributed by atoms with Crippen molar-refractivity contribution >= 4 is 0 Å². The van der Waals surface area contributed by atoms with Gasteiger partial charge in [0.15, 0.2) is 0 Å². The maximum absolute atomic E-state index is 12.6. The second-order valence-corrected chi connectivity index (χ2v) is 4.95. The summed E-state index contributed by atoms with van der Waals surface area (Å²) in [5.41, 5.74) is 5.16. The number of ether oxygens (including phenoxy) is 2. The van der Waals surface area contributed by atoms with E-state index >= 15 is 0 Å². The zero-order valence-corrected chi connectivity index (χ0v) is 12.5. The smallest absolute Gasteiger partial charge is 0.416 e. The Labute approximate surface area is 132 Å². The first kappa shape index (κ1) is 17.1. The van der Waals surface area contributed by atoms with Crippen LogP contribution in [-0.2, 0) is 12.8 Å². The largest absolute Gasteiger partial charge is 0.494 e. The summed E-state index contributed by atoms with van der Waals surface area (Å²) in [6.45, 7) is 1.18. The third-order valence-corrected chi connectivity index (χ3v) is 3.10. The maximum atomic E-state index is 12.6. The SMILES string of the molecule is NCCCOc1ccc(OCc2cccc(C(F)(F)F)c2)cc1. The highest BCUT2D eigenvalue weighted by Crippen LogP contribution is 2.29. The van der Waals surface area contributed by atoms with Crippen molar-refractivity contribution in [3.8, 4) is 11.5 Å². The van der Waals surface area contributed by atoms with Gasteiger partial charge < -0.3 is 15.2 Å². The molecule has 0 saturated heterocycles. The van der Waals surface area contributed by atoms with E-state index in [1.165, 1.54) is 6.07 Å². The van der Waals surface area contributed by atoms with Crippen molar-refractivity contribution in [3.63, 3.8) is 0 Å². The normalized spacial score (nSPS) is 11.3. The Morgan fingerprint density at radius 1 is 0.913 bits per heavy atom. The Hall–Kier alpha value is -2.21. The van der Waals surface area contributed by atoms with Crippen LogP contribution >= 0.6 is 0 Å². The fraction of sp³-hybridized carbons (Fsp3) is 0.294. The van der Waals surface area contributed by atoms with Crippen molar-refractivity contribution in [1.82, 2.24) is 0 Å². The topological polar surface area (TPSA) is 44.5 Å². The minimum atomic E-state index is -4.35. The van der Waals surface area contributed by atoms with Crippen LogP contribution in [0.1, 0.15) is 17.5 Å². The van der Waals surface area contributed by atoms with E-state index in [0.29, 0.717) is 30.2 Å². The van der Waals surface area contributed by atoms with E-state index in [0.717, 1.165) is 18.6 Å². The molecule has 0 radical (unpaired) electrons. The number of rotatable bonds is 7. The minimum absolute atomic E-state index is 0.0668.